The third kappa shape index (κ3) is 6.54. The zero-order valence-corrected chi connectivity index (χ0v) is 17.6. The van der Waals surface area contributed by atoms with Crippen LogP contribution in [0.25, 0.3) is 0 Å². The van der Waals surface area contributed by atoms with Crippen molar-refractivity contribution < 1.29 is 19.5 Å². The Hall–Kier alpha value is -1.93. The first-order valence-electron chi connectivity index (χ1n) is 10.6. The molecule has 0 saturated carbocycles. The zero-order valence-electron chi connectivity index (χ0n) is 16.8. The highest BCUT2D eigenvalue weighted by atomic mass is 32.1. The van der Waals surface area contributed by atoms with E-state index < -0.39 is 12.0 Å². The van der Waals surface area contributed by atoms with Gasteiger partial charge in [-0.2, -0.15) is 0 Å². The van der Waals surface area contributed by atoms with Crippen molar-refractivity contribution in [1.82, 2.24) is 15.5 Å². The van der Waals surface area contributed by atoms with Gasteiger partial charge in [0.2, 0.25) is 11.8 Å². The molecule has 1 aromatic rings. The monoisotopic (exact) mass is 421 g/mol. The maximum atomic E-state index is 12.8. The lowest BCUT2D eigenvalue weighted by molar-refractivity contribution is -0.138. The maximum absolute atomic E-state index is 12.8. The molecule has 3 rings (SSSR count). The molecule has 2 saturated heterocycles. The normalized spacial score (nSPS) is 21.5. The summed E-state index contributed by atoms with van der Waals surface area (Å²) in [7, 11) is 0. The minimum Gasteiger partial charge on any atom is -0.481 e. The number of nitrogens with zero attached hydrogens (tertiary/aromatic N) is 1. The van der Waals surface area contributed by atoms with Crippen molar-refractivity contribution in [3.8, 4) is 0 Å². The highest BCUT2D eigenvalue weighted by molar-refractivity contribution is 7.10. The van der Waals surface area contributed by atoms with Gasteiger partial charge in [0.05, 0.1) is 18.4 Å². The summed E-state index contributed by atoms with van der Waals surface area (Å²) in [6, 6.07) is 3.17. The number of thiophene rings is 1. The minimum absolute atomic E-state index is 0.140. The van der Waals surface area contributed by atoms with Gasteiger partial charge in [0.15, 0.2) is 0 Å². The number of piperidine rings is 2. The third-order valence-corrected chi connectivity index (χ3v) is 6.94. The molecular weight excluding hydrogens is 390 g/mol. The van der Waals surface area contributed by atoms with Crippen molar-refractivity contribution in [2.45, 2.75) is 51.0 Å². The summed E-state index contributed by atoms with van der Waals surface area (Å²) in [5, 5.41) is 17.3. The predicted molar refractivity (Wildman–Crippen MR) is 112 cm³/mol. The molecule has 2 aliphatic heterocycles. The number of rotatable bonds is 8. The first-order chi connectivity index (χ1) is 14.0. The van der Waals surface area contributed by atoms with Crippen LogP contribution >= 0.6 is 11.3 Å². The number of hydrogen-bond acceptors (Lipinski definition) is 5. The van der Waals surface area contributed by atoms with Gasteiger partial charge in [-0.1, -0.05) is 6.07 Å². The van der Waals surface area contributed by atoms with Gasteiger partial charge in [0, 0.05) is 24.4 Å². The second-order valence-corrected chi connectivity index (χ2v) is 9.06. The number of aliphatic carboxylic acids is 1. The highest BCUT2D eigenvalue weighted by Crippen LogP contribution is 2.25. The van der Waals surface area contributed by atoms with E-state index in [1.165, 1.54) is 11.3 Å². The van der Waals surface area contributed by atoms with Crippen LogP contribution in [0.15, 0.2) is 17.5 Å². The molecule has 2 fully saturated rings. The Morgan fingerprint density at radius 1 is 1.28 bits per heavy atom. The van der Waals surface area contributed by atoms with E-state index in [4.69, 9.17) is 0 Å². The van der Waals surface area contributed by atoms with Gasteiger partial charge in [-0.15, -0.1) is 11.3 Å². The lowest BCUT2D eigenvalue weighted by Gasteiger charge is -2.33. The molecule has 0 spiro atoms. The van der Waals surface area contributed by atoms with Gasteiger partial charge < -0.3 is 20.6 Å². The van der Waals surface area contributed by atoms with Crippen LogP contribution in [-0.4, -0.2) is 54.0 Å². The fraction of sp³-hybridized carbons (Fsp3) is 0.667. The largest absolute Gasteiger partial charge is 0.481 e. The van der Waals surface area contributed by atoms with E-state index in [0.29, 0.717) is 25.4 Å². The Morgan fingerprint density at radius 2 is 2.07 bits per heavy atom. The van der Waals surface area contributed by atoms with Crippen LogP contribution in [-0.2, 0) is 14.4 Å². The molecule has 3 N–H and O–H groups in total. The molecule has 2 amide bonds. The second-order valence-electron chi connectivity index (χ2n) is 8.09. The van der Waals surface area contributed by atoms with Crippen molar-refractivity contribution in [2.24, 2.45) is 11.8 Å². The number of hydrogen-bond donors (Lipinski definition) is 3. The molecule has 29 heavy (non-hydrogen) atoms. The SMILES string of the molecule is O=C(O)C[C@@H](NC(=O)[C@@H]1CCCN(C(=O)CCC2CCNCC2)C1)c1cccs1. The molecule has 7 nitrogen and oxygen atoms in total. The fourth-order valence-electron chi connectivity index (χ4n) is 4.25. The number of carbonyl (C=O) groups is 3. The van der Waals surface area contributed by atoms with E-state index in [2.05, 4.69) is 10.6 Å². The maximum Gasteiger partial charge on any atom is 0.305 e. The van der Waals surface area contributed by atoms with E-state index in [-0.39, 0.29) is 24.2 Å². The van der Waals surface area contributed by atoms with Crippen LogP contribution in [0.2, 0.25) is 0 Å². The van der Waals surface area contributed by atoms with Crippen molar-refractivity contribution in [3.63, 3.8) is 0 Å². The number of carboxylic acids is 1. The average molecular weight is 422 g/mol. The fourth-order valence-corrected chi connectivity index (χ4v) is 5.03. The molecule has 1 aromatic heterocycles. The van der Waals surface area contributed by atoms with Crippen LogP contribution in [0.5, 0.6) is 0 Å². The van der Waals surface area contributed by atoms with Gasteiger partial charge in [0.25, 0.3) is 0 Å². The standard InChI is InChI=1S/C21H31N3O4S/c25-19(6-5-15-7-9-22-10-8-15)24-11-1-3-16(14-24)21(28)23-17(13-20(26)27)18-4-2-12-29-18/h2,4,12,15-17,22H,1,3,5-11,13-14H2,(H,23,28)(H,26,27)/t16-,17-/m1/s1. The Morgan fingerprint density at radius 3 is 2.76 bits per heavy atom. The summed E-state index contributed by atoms with van der Waals surface area (Å²) < 4.78 is 0. The van der Waals surface area contributed by atoms with E-state index in [1.54, 1.807) is 0 Å². The van der Waals surface area contributed by atoms with Crippen LogP contribution in [0, 0.1) is 11.8 Å². The summed E-state index contributed by atoms with van der Waals surface area (Å²) in [6.45, 7) is 3.21. The Bertz CT molecular complexity index is 688. The molecule has 2 aliphatic rings. The van der Waals surface area contributed by atoms with Crippen molar-refractivity contribution in [2.75, 3.05) is 26.2 Å². The highest BCUT2D eigenvalue weighted by Gasteiger charge is 2.30. The van der Waals surface area contributed by atoms with E-state index in [1.807, 2.05) is 22.4 Å². The Kier molecular flexibility index (Phi) is 8.06. The molecule has 0 radical (unpaired) electrons. The predicted octanol–water partition coefficient (Wildman–Crippen LogP) is 2.40. The number of carboxylic acid groups (broad SMARTS) is 1. The lowest BCUT2D eigenvalue weighted by Crippen LogP contribution is -2.46. The molecule has 0 unspecified atom stereocenters. The van der Waals surface area contributed by atoms with Crippen LogP contribution in [0.3, 0.4) is 0 Å². The van der Waals surface area contributed by atoms with E-state index in [9.17, 15) is 19.5 Å². The first-order valence-corrected chi connectivity index (χ1v) is 11.4. The van der Waals surface area contributed by atoms with E-state index >= 15 is 0 Å². The van der Waals surface area contributed by atoms with Crippen LogP contribution in [0.1, 0.15) is 55.9 Å². The van der Waals surface area contributed by atoms with Gasteiger partial charge >= 0.3 is 5.97 Å². The summed E-state index contributed by atoms with van der Waals surface area (Å²) in [5.74, 6) is -0.613. The topological polar surface area (TPSA) is 98.7 Å². The number of likely N-dealkylation sites (tertiary alicyclic amines) is 1. The quantitative estimate of drug-likeness (QED) is 0.599. The Labute approximate surface area is 175 Å². The van der Waals surface area contributed by atoms with Gasteiger partial charge in [-0.05, 0) is 62.6 Å². The van der Waals surface area contributed by atoms with Gasteiger partial charge in [0.1, 0.15) is 0 Å². The Balaban J connectivity index is 1.51. The molecule has 0 aliphatic carbocycles. The van der Waals surface area contributed by atoms with Gasteiger partial charge in [-0.3, -0.25) is 14.4 Å². The smallest absolute Gasteiger partial charge is 0.305 e. The first kappa shape index (κ1) is 21.8. The number of carbonyl (C=O) groups excluding carboxylic acids is 2. The molecule has 2 atom stereocenters. The lowest BCUT2D eigenvalue weighted by atomic mass is 9.92. The molecule has 8 heteroatoms. The van der Waals surface area contributed by atoms with Crippen LogP contribution < -0.4 is 10.6 Å². The number of amides is 2. The van der Waals surface area contributed by atoms with Crippen molar-refractivity contribution >= 4 is 29.1 Å². The summed E-state index contributed by atoms with van der Waals surface area (Å²) in [5.41, 5.74) is 0. The zero-order chi connectivity index (χ0) is 20.6. The average Bonchev–Trinajstić information content (AvgIpc) is 3.27. The van der Waals surface area contributed by atoms with Crippen molar-refractivity contribution in [1.29, 1.82) is 0 Å². The molecule has 3 heterocycles. The summed E-state index contributed by atoms with van der Waals surface area (Å²) in [4.78, 5) is 39.3. The second kappa shape index (κ2) is 10.7. The molecular formula is C21H31N3O4S. The van der Waals surface area contributed by atoms with Crippen LogP contribution in [0.4, 0.5) is 0 Å². The molecule has 160 valence electrons. The number of nitrogens with one attached hydrogen (secondary N) is 2. The molecule has 0 bridgehead atoms. The summed E-state index contributed by atoms with van der Waals surface area (Å²) in [6.07, 6.45) is 5.13. The van der Waals surface area contributed by atoms with Gasteiger partial charge in [-0.25, -0.2) is 0 Å². The summed E-state index contributed by atoms with van der Waals surface area (Å²) >= 11 is 1.44. The van der Waals surface area contributed by atoms with Crippen molar-refractivity contribution in [3.05, 3.63) is 22.4 Å². The third-order valence-electron chi connectivity index (χ3n) is 5.95. The minimum atomic E-state index is -0.943. The van der Waals surface area contributed by atoms with E-state index in [0.717, 1.165) is 50.1 Å². The molecule has 0 aromatic carbocycles.